The molecule has 2 aromatic rings. The van der Waals surface area contributed by atoms with Crippen LogP contribution < -0.4 is 16.0 Å². The summed E-state index contributed by atoms with van der Waals surface area (Å²) in [5.41, 5.74) is 2.43. The number of hydrogen-bond donors (Lipinski definition) is 3. The average molecular weight is 329 g/mol. The number of nitrogens with one attached hydrogen (secondary N) is 3. The molecule has 2 amide bonds. The first-order chi connectivity index (χ1) is 11.5. The maximum Gasteiger partial charge on any atom is 0.243 e. The molecule has 0 fully saturated rings. The van der Waals surface area contributed by atoms with Crippen molar-refractivity contribution in [3.8, 4) is 0 Å². The van der Waals surface area contributed by atoms with Crippen LogP contribution in [0.25, 0.3) is 0 Å². The molecule has 0 spiro atoms. The molecule has 0 aliphatic rings. The summed E-state index contributed by atoms with van der Waals surface area (Å²) >= 11 is 0. The molecule has 0 radical (unpaired) electrons. The first-order valence-corrected chi connectivity index (χ1v) is 7.67. The van der Waals surface area contributed by atoms with E-state index in [1.165, 1.54) is 25.1 Å². The van der Waals surface area contributed by atoms with E-state index < -0.39 is 5.82 Å². The van der Waals surface area contributed by atoms with Gasteiger partial charge in [0.15, 0.2) is 0 Å². The Morgan fingerprint density at radius 2 is 1.79 bits per heavy atom. The molecule has 2 aromatic carbocycles. The highest BCUT2D eigenvalue weighted by molar-refractivity contribution is 5.94. The molecule has 0 saturated heterocycles. The number of anilines is 3. The molecule has 2 rings (SSSR count). The van der Waals surface area contributed by atoms with Crippen LogP contribution in [0.3, 0.4) is 0 Å². The van der Waals surface area contributed by atoms with E-state index in [4.69, 9.17) is 0 Å². The summed E-state index contributed by atoms with van der Waals surface area (Å²) in [6.07, 6.45) is 0.878. The second-order valence-electron chi connectivity index (χ2n) is 5.33. The second-order valence-corrected chi connectivity index (χ2v) is 5.33. The van der Waals surface area contributed by atoms with Gasteiger partial charge in [0.1, 0.15) is 5.82 Å². The minimum Gasteiger partial charge on any atom is -0.374 e. The number of amides is 2. The summed E-state index contributed by atoms with van der Waals surface area (Å²) < 4.78 is 13.8. The molecule has 0 atom stereocenters. The minimum atomic E-state index is -0.495. The number of halogens is 1. The number of hydrogen-bond acceptors (Lipinski definition) is 3. The summed E-state index contributed by atoms with van der Waals surface area (Å²) in [5.74, 6) is -1.03. The molecule has 0 unspecified atom stereocenters. The van der Waals surface area contributed by atoms with Gasteiger partial charge in [-0.25, -0.2) is 4.39 Å². The molecule has 6 heteroatoms. The summed E-state index contributed by atoms with van der Waals surface area (Å²) in [5, 5.41) is 8.06. The highest BCUT2D eigenvalue weighted by atomic mass is 19.1. The normalized spacial score (nSPS) is 10.1. The van der Waals surface area contributed by atoms with Gasteiger partial charge in [0.25, 0.3) is 0 Å². The zero-order valence-corrected chi connectivity index (χ0v) is 13.7. The van der Waals surface area contributed by atoms with E-state index in [9.17, 15) is 14.0 Å². The molecule has 0 saturated carbocycles. The fraction of sp³-hybridized carbons (Fsp3) is 0.222. The maximum absolute atomic E-state index is 13.8. The zero-order chi connectivity index (χ0) is 17.5. The number of carbonyl (C=O) groups excluding carboxylic acids is 2. The standard InChI is InChI=1S/C18H20FN3O2/c1-3-13-5-4-6-14(9-13)22-18(24)11-20-17-10-15(21-12(2)23)7-8-16(17)19/h4-10,20H,3,11H2,1-2H3,(H,21,23)(H,22,24). The van der Waals surface area contributed by atoms with E-state index in [0.717, 1.165) is 12.0 Å². The van der Waals surface area contributed by atoms with E-state index in [1.807, 2.05) is 25.1 Å². The Morgan fingerprint density at radius 3 is 2.50 bits per heavy atom. The van der Waals surface area contributed by atoms with Gasteiger partial charge in [-0.3, -0.25) is 9.59 Å². The van der Waals surface area contributed by atoms with Crippen LogP contribution >= 0.6 is 0 Å². The first kappa shape index (κ1) is 17.5. The lowest BCUT2D eigenvalue weighted by Crippen LogP contribution is -2.22. The van der Waals surface area contributed by atoms with Crippen LogP contribution in [0, 0.1) is 5.82 Å². The van der Waals surface area contributed by atoms with E-state index >= 15 is 0 Å². The second kappa shape index (κ2) is 8.10. The van der Waals surface area contributed by atoms with Gasteiger partial charge >= 0.3 is 0 Å². The number of benzene rings is 2. The Bertz CT molecular complexity index is 747. The third kappa shape index (κ3) is 5.08. The molecule has 3 N–H and O–H groups in total. The van der Waals surface area contributed by atoms with Gasteiger partial charge in [-0.2, -0.15) is 0 Å². The highest BCUT2D eigenvalue weighted by Crippen LogP contribution is 2.19. The van der Waals surface area contributed by atoms with Crippen molar-refractivity contribution in [2.75, 3.05) is 22.5 Å². The fourth-order valence-corrected chi connectivity index (χ4v) is 2.19. The van der Waals surface area contributed by atoms with Crippen molar-refractivity contribution in [3.63, 3.8) is 0 Å². The van der Waals surface area contributed by atoms with Crippen molar-refractivity contribution in [1.82, 2.24) is 0 Å². The summed E-state index contributed by atoms with van der Waals surface area (Å²) in [7, 11) is 0. The lowest BCUT2D eigenvalue weighted by molar-refractivity contribution is -0.115. The van der Waals surface area contributed by atoms with Crippen LogP contribution in [0.2, 0.25) is 0 Å². The largest absolute Gasteiger partial charge is 0.374 e. The van der Waals surface area contributed by atoms with Gasteiger partial charge in [0, 0.05) is 18.3 Å². The molecule has 0 aromatic heterocycles. The molecule has 5 nitrogen and oxygen atoms in total. The Balaban J connectivity index is 1.97. The van der Waals surface area contributed by atoms with Gasteiger partial charge < -0.3 is 16.0 Å². The monoisotopic (exact) mass is 329 g/mol. The molecule has 0 aliphatic carbocycles. The number of carbonyl (C=O) groups is 2. The molecule has 0 aliphatic heterocycles. The van der Waals surface area contributed by atoms with E-state index in [-0.39, 0.29) is 24.0 Å². The van der Waals surface area contributed by atoms with Crippen LogP contribution in [0.1, 0.15) is 19.4 Å². The van der Waals surface area contributed by atoms with Crippen LogP contribution in [0.5, 0.6) is 0 Å². The predicted molar refractivity (Wildman–Crippen MR) is 93.6 cm³/mol. The van der Waals surface area contributed by atoms with Gasteiger partial charge in [0.2, 0.25) is 11.8 Å². The van der Waals surface area contributed by atoms with Crippen molar-refractivity contribution >= 4 is 28.9 Å². The third-order valence-corrected chi connectivity index (χ3v) is 3.35. The van der Waals surface area contributed by atoms with Gasteiger partial charge in [-0.1, -0.05) is 19.1 Å². The fourth-order valence-electron chi connectivity index (χ4n) is 2.19. The van der Waals surface area contributed by atoms with Gasteiger partial charge in [0.05, 0.1) is 12.2 Å². The molecule has 0 bridgehead atoms. The predicted octanol–water partition coefficient (Wildman–Crippen LogP) is 3.40. The van der Waals surface area contributed by atoms with Crippen LogP contribution in [0.15, 0.2) is 42.5 Å². The average Bonchev–Trinajstić information content (AvgIpc) is 2.55. The molecule has 24 heavy (non-hydrogen) atoms. The topological polar surface area (TPSA) is 70.2 Å². The Hall–Kier alpha value is -2.89. The minimum absolute atomic E-state index is 0.0865. The van der Waals surface area contributed by atoms with Crippen molar-refractivity contribution in [1.29, 1.82) is 0 Å². The van der Waals surface area contributed by atoms with Crippen molar-refractivity contribution in [3.05, 3.63) is 53.8 Å². The number of aryl methyl sites for hydroxylation is 1. The Labute approximate surface area is 140 Å². The molecule has 0 heterocycles. The van der Waals surface area contributed by atoms with E-state index in [0.29, 0.717) is 11.4 Å². The van der Waals surface area contributed by atoms with Crippen molar-refractivity contribution < 1.29 is 14.0 Å². The maximum atomic E-state index is 13.8. The lowest BCUT2D eigenvalue weighted by atomic mass is 10.1. The van der Waals surface area contributed by atoms with E-state index in [2.05, 4.69) is 16.0 Å². The van der Waals surface area contributed by atoms with Crippen molar-refractivity contribution in [2.45, 2.75) is 20.3 Å². The summed E-state index contributed by atoms with van der Waals surface area (Å²) in [6.45, 7) is 3.32. The SMILES string of the molecule is CCc1cccc(NC(=O)CNc2cc(NC(C)=O)ccc2F)c1. The first-order valence-electron chi connectivity index (χ1n) is 7.67. The van der Waals surface area contributed by atoms with Gasteiger partial charge in [-0.15, -0.1) is 0 Å². The smallest absolute Gasteiger partial charge is 0.243 e. The van der Waals surface area contributed by atoms with Crippen LogP contribution in [0.4, 0.5) is 21.5 Å². The zero-order valence-electron chi connectivity index (χ0n) is 13.7. The molecular formula is C18H20FN3O2. The van der Waals surface area contributed by atoms with Crippen molar-refractivity contribution in [2.24, 2.45) is 0 Å². The highest BCUT2D eigenvalue weighted by Gasteiger charge is 2.07. The molecule has 126 valence electrons. The van der Waals surface area contributed by atoms with Crippen LogP contribution in [-0.2, 0) is 16.0 Å². The Kier molecular flexibility index (Phi) is 5.89. The third-order valence-electron chi connectivity index (χ3n) is 3.35. The molecular weight excluding hydrogens is 309 g/mol. The Morgan fingerprint density at radius 1 is 1.04 bits per heavy atom. The number of rotatable bonds is 6. The van der Waals surface area contributed by atoms with Crippen LogP contribution in [-0.4, -0.2) is 18.4 Å². The summed E-state index contributed by atoms with van der Waals surface area (Å²) in [6, 6.07) is 11.7. The summed E-state index contributed by atoms with van der Waals surface area (Å²) in [4.78, 5) is 23.0. The lowest BCUT2D eigenvalue weighted by Gasteiger charge is -2.11. The van der Waals surface area contributed by atoms with Gasteiger partial charge in [-0.05, 0) is 42.3 Å². The van der Waals surface area contributed by atoms with E-state index in [1.54, 1.807) is 6.07 Å². The quantitative estimate of drug-likeness (QED) is 0.761.